The second kappa shape index (κ2) is 5.74. The summed E-state index contributed by atoms with van der Waals surface area (Å²) in [4.78, 5) is 26.8. The first kappa shape index (κ1) is 17.0. The van der Waals surface area contributed by atoms with Gasteiger partial charge in [-0.2, -0.15) is 0 Å². The number of carbonyl (C=O) groups excluding carboxylic acids is 2. The topological polar surface area (TPSA) is 49.4 Å². The highest BCUT2D eigenvalue weighted by Gasteiger charge is 2.47. The van der Waals surface area contributed by atoms with Crippen LogP contribution < -0.4 is 5.32 Å². The molecular weight excluding hydrogens is 252 g/mol. The summed E-state index contributed by atoms with van der Waals surface area (Å²) in [6.07, 6.45) is 0.871. The molecule has 1 heterocycles. The van der Waals surface area contributed by atoms with Crippen molar-refractivity contribution in [3.63, 3.8) is 0 Å². The van der Waals surface area contributed by atoms with Gasteiger partial charge in [-0.05, 0) is 17.3 Å². The van der Waals surface area contributed by atoms with Crippen molar-refractivity contribution in [1.82, 2.24) is 10.2 Å². The minimum absolute atomic E-state index is 0.0431. The number of hydrogen-bond acceptors (Lipinski definition) is 2. The number of nitrogens with one attached hydrogen (secondary N) is 1. The summed E-state index contributed by atoms with van der Waals surface area (Å²) in [6, 6.07) is -0.135. The Hall–Kier alpha value is -1.06. The Bertz CT molecular complexity index is 377. The van der Waals surface area contributed by atoms with Crippen LogP contribution in [0.1, 0.15) is 54.9 Å². The normalized spacial score (nSPS) is 25.4. The molecule has 0 aliphatic carbocycles. The van der Waals surface area contributed by atoms with Crippen LogP contribution in [0.5, 0.6) is 0 Å². The quantitative estimate of drug-likeness (QED) is 0.845. The van der Waals surface area contributed by atoms with Gasteiger partial charge in [-0.15, -0.1) is 0 Å². The van der Waals surface area contributed by atoms with Gasteiger partial charge in [0.25, 0.3) is 0 Å². The number of hydrogen-bond donors (Lipinski definition) is 1. The van der Waals surface area contributed by atoms with Crippen LogP contribution in [-0.2, 0) is 9.59 Å². The first-order valence-corrected chi connectivity index (χ1v) is 7.56. The van der Waals surface area contributed by atoms with Crippen molar-refractivity contribution < 1.29 is 9.59 Å². The lowest BCUT2D eigenvalue weighted by atomic mass is 9.68. The van der Waals surface area contributed by atoms with Crippen LogP contribution in [0.25, 0.3) is 0 Å². The number of amides is 2. The van der Waals surface area contributed by atoms with Crippen LogP contribution in [0.3, 0.4) is 0 Å². The predicted octanol–water partition coefficient (Wildman–Crippen LogP) is 2.43. The van der Waals surface area contributed by atoms with E-state index in [1.165, 1.54) is 0 Å². The maximum absolute atomic E-state index is 12.9. The van der Waals surface area contributed by atoms with Gasteiger partial charge in [0.05, 0.1) is 12.5 Å². The summed E-state index contributed by atoms with van der Waals surface area (Å²) in [7, 11) is 0. The van der Waals surface area contributed by atoms with Crippen LogP contribution in [0.15, 0.2) is 0 Å². The van der Waals surface area contributed by atoms with Crippen molar-refractivity contribution in [2.24, 2.45) is 16.7 Å². The summed E-state index contributed by atoms with van der Waals surface area (Å²) in [5.41, 5.74) is -0.329. The highest BCUT2D eigenvalue weighted by atomic mass is 16.2. The van der Waals surface area contributed by atoms with Crippen molar-refractivity contribution in [3.05, 3.63) is 0 Å². The Morgan fingerprint density at radius 1 is 1.10 bits per heavy atom. The van der Waals surface area contributed by atoms with Crippen molar-refractivity contribution in [1.29, 1.82) is 0 Å². The molecule has 1 fully saturated rings. The zero-order chi connectivity index (χ0) is 15.7. The van der Waals surface area contributed by atoms with Crippen molar-refractivity contribution in [2.45, 2.75) is 60.9 Å². The van der Waals surface area contributed by atoms with Gasteiger partial charge in [0.15, 0.2) is 0 Å². The second-order valence-electron chi connectivity index (χ2n) is 8.01. The van der Waals surface area contributed by atoms with Crippen molar-refractivity contribution in [3.8, 4) is 0 Å². The standard InChI is InChI=1S/C16H30N2O2/c1-8-9-18-10-11(19)17-13(16(5,6)7)12(14(18)20)15(2,3)4/h12-13H,8-10H2,1-7H3,(H,17,19). The molecule has 0 aromatic rings. The number of nitrogens with zero attached hydrogens (tertiary/aromatic N) is 1. The van der Waals surface area contributed by atoms with Gasteiger partial charge < -0.3 is 10.2 Å². The third-order valence-corrected chi connectivity index (χ3v) is 3.92. The van der Waals surface area contributed by atoms with Gasteiger partial charge in [-0.1, -0.05) is 48.5 Å². The Kier molecular flexibility index (Phi) is 4.88. The van der Waals surface area contributed by atoms with E-state index in [1.54, 1.807) is 4.90 Å². The molecule has 0 bridgehead atoms. The van der Waals surface area contributed by atoms with Crippen molar-refractivity contribution >= 4 is 11.8 Å². The SMILES string of the molecule is CCCN1CC(=O)NC(C(C)(C)C)C(C(C)(C)C)C1=O. The lowest BCUT2D eigenvalue weighted by molar-refractivity contribution is -0.141. The van der Waals surface area contributed by atoms with E-state index in [0.717, 1.165) is 6.42 Å². The van der Waals surface area contributed by atoms with Crippen molar-refractivity contribution in [2.75, 3.05) is 13.1 Å². The zero-order valence-electron chi connectivity index (χ0n) is 14.0. The van der Waals surface area contributed by atoms with Gasteiger partial charge in [-0.25, -0.2) is 0 Å². The summed E-state index contributed by atoms with van der Waals surface area (Å²) in [6.45, 7) is 15.4. The average Bonchev–Trinajstić information content (AvgIpc) is 2.35. The van der Waals surface area contributed by atoms with E-state index in [0.29, 0.717) is 6.54 Å². The molecule has 4 heteroatoms. The summed E-state index contributed by atoms with van der Waals surface area (Å²) < 4.78 is 0. The van der Waals surface area contributed by atoms with E-state index in [-0.39, 0.29) is 41.1 Å². The Balaban J connectivity index is 3.24. The largest absolute Gasteiger partial charge is 0.350 e. The molecule has 0 aromatic heterocycles. The summed E-state index contributed by atoms with van der Waals surface area (Å²) in [5, 5.41) is 3.09. The molecule has 0 saturated carbocycles. The predicted molar refractivity (Wildman–Crippen MR) is 81.2 cm³/mol. The average molecular weight is 282 g/mol. The van der Waals surface area contributed by atoms with Crippen LogP contribution in [-0.4, -0.2) is 35.8 Å². The molecule has 2 atom stereocenters. The maximum Gasteiger partial charge on any atom is 0.239 e. The zero-order valence-corrected chi connectivity index (χ0v) is 14.0. The van der Waals surface area contributed by atoms with E-state index in [9.17, 15) is 9.59 Å². The molecule has 0 radical (unpaired) electrons. The van der Waals surface area contributed by atoms with E-state index < -0.39 is 0 Å². The monoisotopic (exact) mass is 282 g/mol. The molecule has 1 N–H and O–H groups in total. The van der Waals surface area contributed by atoms with Crippen LogP contribution >= 0.6 is 0 Å². The molecule has 2 unspecified atom stereocenters. The highest BCUT2D eigenvalue weighted by Crippen LogP contribution is 2.38. The fourth-order valence-electron chi connectivity index (χ4n) is 2.94. The Morgan fingerprint density at radius 2 is 1.65 bits per heavy atom. The van der Waals surface area contributed by atoms with E-state index >= 15 is 0 Å². The summed E-state index contributed by atoms with van der Waals surface area (Å²) >= 11 is 0. The Labute approximate surface area is 123 Å². The van der Waals surface area contributed by atoms with Gasteiger partial charge in [-0.3, -0.25) is 9.59 Å². The molecule has 0 spiro atoms. The molecule has 2 amide bonds. The molecule has 1 saturated heterocycles. The van der Waals surface area contributed by atoms with Gasteiger partial charge in [0.2, 0.25) is 11.8 Å². The first-order chi connectivity index (χ1) is 8.98. The fourth-order valence-corrected chi connectivity index (χ4v) is 2.94. The molecule has 20 heavy (non-hydrogen) atoms. The number of carbonyl (C=O) groups is 2. The number of rotatable bonds is 2. The third-order valence-electron chi connectivity index (χ3n) is 3.92. The summed E-state index contributed by atoms with van der Waals surface area (Å²) in [5.74, 6) is -0.128. The van der Waals surface area contributed by atoms with Gasteiger partial charge in [0, 0.05) is 12.6 Å². The third kappa shape index (κ3) is 3.74. The van der Waals surface area contributed by atoms with Crippen LogP contribution in [0, 0.1) is 16.7 Å². The van der Waals surface area contributed by atoms with Gasteiger partial charge >= 0.3 is 0 Å². The first-order valence-electron chi connectivity index (χ1n) is 7.56. The molecule has 1 aliphatic rings. The molecule has 4 nitrogen and oxygen atoms in total. The highest BCUT2D eigenvalue weighted by molar-refractivity contribution is 5.89. The smallest absolute Gasteiger partial charge is 0.239 e. The molecule has 1 aliphatic heterocycles. The second-order valence-corrected chi connectivity index (χ2v) is 8.01. The van der Waals surface area contributed by atoms with E-state index in [2.05, 4.69) is 46.9 Å². The lowest BCUT2D eigenvalue weighted by Crippen LogP contribution is -2.53. The molecular formula is C16H30N2O2. The maximum atomic E-state index is 12.9. The lowest BCUT2D eigenvalue weighted by Gasteiger charge is -2.42. The Morgan fingerprint density at radius 3 is 2.05 bits per heavy atom. The minimum atomic E-state index is -0.194. The molecule has 0 aromatic carbocycles. The minimum Gasteiger partial charge on any atom is -0.350 e. The molecule has 1 rings (SSSR count). The van der Waals surface area contributed by atoms with Crippen LogP contribution in [0.4, 0.5) is 0 Å². The van der Waals surface area contributed by atoms with Crippen LogP contribution in [0.2, 0.25) is 0 Å². The van der Waals surface area contributed by atoms with E-state index in [4.69, 9.17) is 0 Å². The van der Waals surface area contributed by atoms with E-state index in [1.807, 2.05) is 6.92 Å². The fraction of sp³-hybridized carbons (Fsp3) is 0.875. The van der Waals surface area contributed by atoms with Gasteiger partial charge in [0.1, 0.15) is 0 Å². The molecule has 116 valence electrons.